The molecule has 0 saturated carbocycles. The first-order valence-electron chi connectivity index (χ1n) is 5.84. The van der Waals surface area contributed by atoms with Gasteiger partial charge in [-0.3, -0.25) is 4.79 Å². The van der Waals surface area contributed by atoms with Crippen LogP contribution in [0.25, 0.3) is 0 Å². The number of carbonyl (C=O) groups is 1. The highest BCUT2D eigenvalue weighted by atomic mass is 35.5. The quantitative estimate of drug-likeness (QED) is 0.904. The molecule has 3 nitrogen and oxygen atoms in total. The van der Waals surface area contributed by atoms with Crippen molar-refractivity contribution in [2.24, 2.45) is 0 Å². The number of benzene rings is 1. The number of rotatable bonds is 5. The zero-order valence-electron chi connectivity index (χ0n) is 10.5. The smallest absolute Gasteiger partial charge is 0.255 e. The lowest BCUT2D eigenvalue weighted by atomic mass is 10.1. The van der Waals surface area contributed by atoms with Crippen molar-refractivity contribution in [3.63, 3.8) is 0 Å². The minimum atomic E-state index is -0.139. The fraction of sp³-hybridized carbons (Fsp3) is 0.462. The summed E-state index contributed by atoms with van der Waals surface area (Å²) in [6.07, 6.45) is 0.551. The SMILES string of the molecule is CC(C)N(CCCO)C(=O)c1ccc(Cl)cc1Cl. The fourth-order valence-electron chi connectivity index (χ4n) is 1.65. The van der Waals surface area contributed by atoms with Crippen molar-refractivity contribution in [2.75, 3.05) is 13.2 Å². The van der Waals surface area contributed by atoms with Crippen molar-refractivity contribution in [3.05, 3.63) is 33.8 Å². The third-order valence-corrected chi connectivity index (χ3v) is 3.15. The average Bonchev–Trinajstić information content (AvgIpc) is 2.28. The van der Waals surface area contributed by atoms with Gasteiger partial charge in [-0.25, -0.2) is 0 Å². The first kappa shape index (κ1) is 15.3. The molecule has 0 aromatic heterocycles. The van der Waals surface area contributed by atoms with Crippen molar-refractivity contribution < 1.29 is 9.90 Å². The number of carbonyl (C=O) groups excluding carboxylic acids is 1. The maximum Gasteiger partial charge on any atom is 0.255 e. The average molecular weight is 290 g/mol. The minimum absolute atomic E-state index is 0.0517. The Morgan fingerprint density at radius 3 is 2.56 bits per heavy atom. The molecule has 1 amide bonds. The highest BCUT2D eigenvalue weighted by molar-refractivity contribution is 6.36. The van der Waals surface area contributed by atoms with Gasteiger partial charge < -0.3 is 10.0 Å². The third-order valence-electron chi connectivity index (χ3n) is 2.60. The maximum atomic E-state index is 12.3. The molecule has 0 radical (unpaired) electrons. The molecule has 0 unspecified atom stereocenters. The summed E-state index contributed by atoms with van der Waals surface area (Å²) in [6, 6.07) is 4.88. The summed E-state index contributed by atoms with van der Waals surface area (Å²) in [4.78, 5) is 14.0. The number of nitrogens with zero attached hydrogens (tertiary/aromatic N) is 1. The standard InChI is InChI=1S/C13H17Cl2NO2/c1-9(2)16(6-3-7-17)13(18)11-5-4-10(14)8-12(11)15/h4-5,8-9,17H,3,6-7H2,1-2H3. The van der Waals surface area contributed by atoms with Gasteiger partial charge in [-0.15, -0.1) is 0 Å². The molecule has 0 fully saturated rings. The molecule has 1 aromatic rings. The Hall–Kier alpha value is -0.770. The van der Waals surface area contributed by atoms with E-state index < -0.39 is 0 Å². The van der Waals surface area contributed by atoms with Crippen molar-refractivity contribution in [3.8, 4) is 0 Å². The first-order chi connectivity index (χ1) is 8.47. The van der Waals surface area contributed by atoms with E-state index in [9.17, 15) is 4.79 Å². The van der Waals surface area contributed by atoms with Crippen LogP contribution in [-0.4, -0.2) is 35.1 Å². The van der Waals surface area contributed by atoms with E-state index in [0.29, 0.717) is 28.6 Å². The van der Waals surface area contributed by atoms with Crippen molar-refractivity contribution in [2.45, 2.75) is 26.3 Å². The second-order valence-corrected chi connectivity index (χ2v) is 5.14. The van der Waals surface area contributed by atoms with Gasteiger partial charge in [0.1, 0.15) is 0 Å². The van der Waals surface area contributed by atoms with Crippen molar-refractivity contribution in [1.29, 1.82) is 0 Å². The number of halogens is 2. The van der Waals surface area contributed by atoms with Gasteiger partial charge in [-0.1, -0.05) is 23.2 Å². The number of aliphatic hydroxyl groups is 1. The summed E-state index contributed by atoms with van der Waals surface area (Å²) in [7, 11) is 0. The topological polar surface area (TPSA) is 40.5 Å². The van der Waals surface area contributed by atoms with E-state index in [1.165, 1.54) is 0 Å². The Kier molecular flexibility index (Phi) is 5.93. The fourth-order valence-corrected chi connectivity index (χ4v) is 2.14. The molecule has 0 heterocycles. The summed E-state index contributed by atoms with van der Waals surface area (Å²) in [5.74, 6) is -0.139. The lowest BCUT2D eigenvalue weighted by Crippen LogP contribution is -2.38. The molecule has 0 spiro atoms. The molecule has 1 rings (SSSR count). The van der Waals surface area contributed by atoms with Crippen molar-refractivity contribution >= 4 is 29.1 Å². The molecular weight excluding hydrogens is 273 g/mol. The maximum absolute atomic E-state index is 12.3. The molecule has 5 heteroatoms. The van der Waals surface area contributed by atoms with Crippen LogP contribution in [0.4, 0.5) is 0 Å². The number of hydrogen-bond acceptors (Lipinski definition) is 2. The Morgan fingerprint density at radius 1 is 1.39 bits per heavy atom. The lowest BCUT2D eigenvalue weighted by Gasteiger charge is -2.27. The molecule has 0 bridgehead atoms. The zero-order valence-corrected chi connectivity index (χ0v) is 12.0. The van der Waals surface area contributed by atoms with Gasteiger partial charge in [-0.05, 0) is 38.5 Å². The Labute approximate surface area is 117 Å². The number of amides is 1. The van der Waals surface area contributed by atoms with Crippen LogP contribution in [-0.2, 0) is 0 Å². The Bertz CT molecular complexity index is 421. The van der Waals surface area contributed by atoms with E-state index in [4.69, 9.17) is 28.3 Å². The van der Waals surface area contributed by atoms with Crippen LogP contribution in [0.15, 0.2) is 18.2 Å². The molecule has 0 saturated heterocycles. The molecule has 100 valence electrons. The van der Waals surface area contributed by atoms with Crippen molar-refractivity contribution in [1.82, 2.24) is 4.90 Å². The Balaban J connectivity index is 2.94. The molecule has 0 aliphatic rings. The van der Waals surface area contributed by atoms with Gasteiger partial charge in [-0.2, -0.15) is 0 Å². The summed E-state index contributed by atoms with van der Waals surface area (Å²) in [6.45, 7) is 4.43. The van der Waals surface area contributed by atoms with E-state index in [1.54, 1.807) is 23.1 Å². The highest BCUT2D eigenvalue weighted by Gasteiger charge is 2.20. The zero-order chi connectivity index (χ0) is 13.7. The van der Waals surface area contributed by atoms with Gasteiger partial charge in [0, 0.05) is 24.2 Å². The summed E-state index contributed by atoms with van der Waals surface area (Å²) in [5, 5.41) is 9.71. The predicted molar refractivity (Wildman–Crippen MR) is 74.3 cm³/mol. The summed E-state index contributed by atoms with van der Waals surface area (Å²) >= 11 is 11.8. The molecule has 0 aliphatic heterocycles. The molecular formula is C13H17Cl2NO2. The third kappa shape index (κ3) is 3.87. The second kappa shape index (κ2) is 6.98. The van der Waals surface area contributed by atoms with Gasteiger partial charge in [0.15, 0.2) is 0 Å². The normalized spacial score (nSPS) is 10.8. The van der Waals surface area contributed by atoms with E-state index in [-0.39, 0.29) is 18.6 Å². The van der Waals surface area contributed by atoms with Crippen LogP contribution in [0.1, 0.15) is 30.6 Å². The van der Waals surface area contributed by atoms with E-state index in [0.717, 1.165) is 0 Å². The van der Waals surface area contributed by atoms with Crippen LogP contribution < -0.4 is 0 Å². The van der Waals surface area contributed by atoms with Gasteiger partial charge in [0.2, 0.25) is 0 Å². The number of hydrogen-bond donors (Lipinski definition) is 1. The molecule has 0 atom stereocenters. The lowest BCUT2D eigenvalue weighted by molar-refractivity contribution is 0.0693. The largest absolute Gasteiger partial charge is 0.396 e. The highest BCUT2D eigenvalue weighted by Crippen LogP contribution is 2.23. The van der Waals surface area contributed by atoms with Gasteiger partial charge in [0.05, 0.1) is 10.6 Å². The van der Waals surface area contributed by atoms with Crippen LogP contribution in [0, 0.1) is 0 Å². The summed E-state index contributed by atoms with van der Waals surface area (Å²) in [5.41, 5.74) is 0.438. The van der Waals surface area contributed by atoms with Gasteiger partial charge >= 0.3 is 0 Å². The molecule has 1 aromatic carbocycles. The second-order valence-electron chi connectivity index (χ2n) is 4.29. The molecule has 1 N–H and O–H groups in total. The first-order valence-corrected chi connectivity index (χ1v) is 6.60. The Morgan fingerprint density at radius 2 is 2.06 bits per heavy atom. The van der Waals surface area contributed by atoms with Crippen LogP contribution in [0.2, 0.25) is 10.0 Å². The van der Waals surface area contributed by atoms with E-state index in [1.807, 2.05) is 13.8 Å². The predicted octanol–water partition coefficient (Wildman–Crippen LogP) is 3.23. The minimum Gasteiger partial charge on any atom is -0.396 e. The summed E-state index contributed by atoms with van der Waals surface area (Å²) < 4.78 is 0. The number of aliphatic hydroxyl groups excluding tert-OH is 1. The molecule has 18 heavy (non-hydrogen) atoms. The van der Waals surface area contributed by atoms with Crippen LogP contribution in [0.3, 0.4) is 0 Å². The van der Waals surface area contributed by atoms with Crippen LogP contribution in [0.5, 0.6) is 0 Å². The monoisotopic (exact) mass is 289 g/mol. The molecule has 0 aliphatic carbocycles. The van der Waals surface area contributed by atoms with Crippen LogP contribution >= 0.6 is 23.2 Å². The van der Waals surface area contributed by atoms with Gasteiger partial charge in [0.25, 0.3) is 5.91 Å². The van der Waals surface area contributed by atoms with E-state index in [2.05, 4.69) is 0 Å². The van der Waals surface area contributed by atoms with E-state index >= 15 is 0 Å².